The van der Waals surface area contributed by atoms with E-state index in [9.17, 15) is 10.1 Å². The zero-order valence-electron chi connectivity index (χ0n) is 14.2. The molecule has 1 aliphatic carbocycles. The molecular weight excluding hydrogens is 338 g/mol. The second-order valence-electron chi connectivity index (χ2n) is 6.36. The summed E-state index contributed by atoms with van der Waals surface area (Å²) in [5.41, 5.74) is 7.49. The standard InChI is InChI=1S/C22H13N3O2/c26-25(27)15-11-9-14(10-12-15)13-18-16-5-1-2-6-17(16)21-22(18)24-20-8-4-3-7-19(20)23-21/h1-13H. The Labute approximate surface area is 154 Å². The highest BCUT2D eigenvalue weighted by atomic mass is 16.6. The third kappa shape index (κ3) is 2.48. The lowest BCUT2D eigenvalue weighted by Gasteiger charge is -2.04. The van der Waals surface area contributed by atoms with Crippen LogP contribution < -0.4 is 0 Å². The summed E-state index contributed by atoms with van der Waals surface area (Å²) in [5.74, 6) is 0. The lowest BCUT2D eigenvalue weighted by atomic mass is 10.0. The molecule has 0 radical (unpaired) electrons. The van der Waals surface area contributed by atoms with Crippen LogP contribution >= 0.6 is 0 Å². The van der Waals surface area contributed by atoms with Crippen molar-refractivity contribution >= 4 is 28.4 Å². The van der Waals surface area contributed by atoms with Gasteiger partial charge in [0.25, 0.3) is 5.69 Å². The van der Waals surface area contributed by atoms with Gasteiger partial charge in [0.2, 0.25) is 0 Å². The van der Waals surface area contributed by atoms with E-state index in [0.717, 1.165) is 44.7 Å². The SMILES string of the molecule is O=[N+]([O-])c1ccc(C=C2c3ccccc3-c3nc4ccccc4nc32)cc1. The van der Waals surface area contributed by atoms with Crippen LogP contribution in [0.4, 0.5) is 5.69 Å². The first-order valence-corrected chi connectivity index (χ1v) is 8.54. The highest BCUT2D eigenvalue weighted by Crippen LogP contribution is 2.43. The maximum absolute atomic E-state index is 10.9. The zero-order valence-corrected chi connectivity index (χ0v) is 14.2. The van der Waals surface area contributed by atoms with Gasteiger partial charge in [0, 0.05) is 23.3 Å². The van der Waals surface area contributed by atoms with E-state index in [-0.39, 0.29) is 5.69 Å². The molecule has 27 heavy (non-hydrogen) atoms. The van der Waals surface area contributed by atoms with Crippen LogP contribution in [0.15, 0.2) is 72.8 Å². The summed E-state index contributed by atoms with van der Waals surface area (Å²) in [7, 11) is 0. The van der Waals surface area contributed by atoms with Crippen LogP contribution in [0.25, 0.3) is 33.9 Å². The predicted octanol–water partition coefficient (Wildman–Crippen LogP) is 5.11. The number of nitrogens with zero attached hydrogens (tertiary/aromatic N) is 3. The molecule has 0 saturated carbocycles. The van der Waals surface area contributed by atoms with Gasteiger partial charge < -0.3 is 0 Å². The van der Waals surface area contributed by atoms with E-state index in [2.05, 4.69) is 6.07 Å². The summed E-state index contributed by atoms with van der Waals surface area (Å²) in [5, 5.41) is 10.9. The molecule has 0 amide bonds. The predicted molar refractivity (Wildman–Crippen MR) is 105 cm³/mol. The van der Waals surface area contributed by atoms with E-state index in [1.807, 2.05) is 48.5 Å². The molecule has 0 unspecified atom stereocenters. The topological polar surface area (TPSA) is 68.9 Å². The fraction of sp³-hybridized carbons (Fsp3) is 0. The van der Waals surface area contributed by atoms with Crippen LogP contribution in [0.2, 0.25) is 0 Å². The van der Waals surface area contributed by atoms with E-state index in [1.54, 1.807) is 12.1 Å². The molecule has 0 fully saturated rings. The van der Waals surface area contributed by atoms with E-state index in [4.69, 9.17) is 9.97 Å². The average molecular weight is 351 g/mol. The summed E-state index contributed by atoms with van der Waals surface area (Å²) in [6, 6.07) is 22.4. The molecule has 0 spiro atoms. The molecule has 0 N–H and O–H groups in total. The molecule has 128 valence electrons. The fourth-order valence-corrected chi connectivity index (χ4v) is 3.43. The number of non-ortho nitro benzene ring substituents is 1. The molecule has 1 heterocycles. The number of benzene rings is 3. The third-order valence-corrected chi connectivity index (χ3v) is 4.71. The Hall–Kier alpha value is -3.86. The fourth-order valence-electron chi connectivity index (χ4n) is 3.43. The second-order valence-corrected chi connectivity index (χ2v) is 6.36. The number of rotatable bonds is 2. The lowest BCUT2D eigenvalue weighted by molar-refractivity contribution is -0.384. The van der Waals surface area contributed by atoms with E-state index in [0.29, 0.717) is 0 Å². The Morgan fingerprint density at radius 3 is 2.00 bits per heavy atom. The molecule has 5 nitrogen and oxygen atoms in total. The average Bonchev–Trinajstić information content (AvgIpc) is 3.00. The number of nitro groups is 1. The quantitative estimate of drug-likeness (QED) is 0.327. The molecule has 4 aromatic rings. The Kier molecular flexibility index (Phi) is 3.33. The van der Waals surface area contributed by atoms with E-state index in [1.165, 1.54) is 12.1 Å². The van der Waals surface area contributed by atoms with Crippen molar-refractivity contribution < 1.29 is 4.92 Å². The van der Waals surface area contributed by atoms with Crippen LogP contribution in [0, 0.1) is 10.1 Å². The van der Waals surface area contributed by atoms with Crippen LogP contribution in [0.1, 0.15) is 16.8 Å². The molecule has 0 saturated heterocycles. The van der Waals surface area contributed by atoms with Crippen LogP contribution in [0.5, 0.6) is 0 Å². The van der Waals surface area contributed by atoms with Gasteiger partial charge in [0.05, 0.1) is 27.3 Å². The molecule has 5 rings (SSSR count). The summed E-state index contributed by atoms with van der Waals surface area (Å²) in [4.78, 5) is 20.2. The highest BCUT2D eigenvalue weighted by Gasteiger charge is 2.26. The van der Waals surface area contributed by atoms with Gasteiger partial charge in [-0.05, 0) is 41.5 Å². The minimum atomic E-state index is -0.394. The summed E-state index contributed by atoms with van der Waals surface area (Å²) in [6.07, 6.45) is 2.01. The maximum Gasteiger partial charge on any atom is 0.269 e. The van der Waals surface area contributed by atoms with Crippen LogP contribution in [0.3, 0.4) is 0 Å². The monoisotopic (exact) mass is 351 g/mol. The largest absolute Gasteiger partial charge is 0.269 e. The lowest BCUT2D eigenvalue weighted by Crippen LogP contribution is -1.92. The summed E-state index contributed by atoms with van der Waals surface area (Å²) in [6.45, 7) is 0. The second kappa shape index (κ2) is 5.85. The first kappa shape index (κ1) is 15.4. The van der Waals surface area contributed by atoms with Gasteiger partial charge in [0.15, 0.2) is 0 Å². The molecular formula is C22H13N3O2. The minimum Gasteiger partial charge on any atom is -0.258 e. The molecule has 1 aromatic heterocycles. The van der Waals surface area contributed by atoms with Crippen molar-refractivity contribution in [3.05, 3.63) is 99.7 Å². The van der Waals surface area contributed by atoms with E-state index >= 15 is 0 Å². The zero-order chi connectivity index (χ0) is 18.4. The molecule has 5 heteroatoms. The van der Waals surface area contributed by atoms with Crippen molar-refractivity contribution in [3.63, 3.8) is 0 Å². The number of para-hydroxylation sites is 2. The molecule has 3 aromatic carbocycles. The first-order valence-electron chi connectivity index (χ1n) is 8.54. The van der Waals surface area contributed by atoms with Gasteiger partial charge >= 0.3 is 0 Å². The molecule has 1 aliphatic rings. The van der Waals surface area contributed by atoms with Gasteiger partial charge in [-0.15, -0.1) is 0 Å². The first-order chi connectivity index (χ1) is 13.2. The van der Waals surface area contributed by atoms with Gasteiger partial charge in [0.1, 0.15) is 0 Å². The third-order valence-electron chi connectivity index (χ3n) is 4.71. The highest BCUT2D eigenvalue weighted by molar-refractivity contribution is 6.05. The Balaban J connectivity index is 1.73. The number of fused-ring (bicyclic) bond motifs is 4. The van der Waals surface area contributed by atoms with Gasteiger partial charge in [-0.1, -0.05) is 36.4 Å². The van der Waals surface area contributed by atoms with Crippen molar-refractivity contribution in [3.8, 4) is 11.3 Å². The van der Waals surface area contributed by atoms with Crippen molar-refractivity contribution in [1.82, 2.24) is 9.97 Å². The molecule has 0 aliphatic heterocycles. The van der Waals surface area contributed by atoms with Crippen molar-refractivity contribution in [2.75, 3.05) is 0 Å². The van der Waals surface area contributed by atoms with Gasteiger partial charge in [-0.3, -0.25) is 10.1 Å². The maximum atomic E-state index is 10.9. The van der Waals surface area contributed by atoms with Crippen molar-refractivity contribution in [2.45, 2.75) is 0 Å². The van der Waals surface area contributed by atoms with Crippen molar-refractivity contribution in [1.29, 1.82) is 0 Å². The van der Waals surface area contributed by atoms with Gasteiger partial charge in [-0.2, -0.15) is 0 Å². The smallest absolute Gasteiger partial charge is 0.258 e. The van der Waals surface area contributed by atoms with E-state index < -0.39 is 4.92 Å². The number of aromatic nitrogens is 2. The number of hydrogen-bond acceptors (Lipinski definition) is 4. The Morgan fingerprint density at radius 1 is 0.741 bits per heavy atom. The summed E-state index contributed by atoms with van der Waals surface area (Å²) < 4.78 is 0. The number of hydrogen-bond donors (Lipinski definition) is 0. The summed E-state index contributed by atoms with van der Waals surface area (Å²) >= 11 is 0. The van der Waals surface area contributed by atoms with Crippen molar-refractivity contribution in [2.24, 2.45) is 0 Å². The Bertz CT molecular complexity index is 1240. The van der Waals surface area contributed by atoms with Gasteiger partial charge in [-0.25, -0.2) is 9.97 Å². The molecule has 0 atom stereocenters. The minimum absolute atomic E-state index is 0.0788. The van der Waals surface area contributed by atoms with Crippen LogP contribution in [-0.4, -0.2) is 14.9 Å². The van der Waals surface area contributed by atoms with Crippen LogP contribution in [-0.2, 0) is 0 Å². The normalized spacial score (nSPS) is 13.6. The Morgan fingerprint density at radius 2 is 1.33 bits per heavy atom. The molecule has 0 bridgehead atoms. The number of nitro benzene ring substituents is 1.